The normalized spacial score (nSPS) is 14.8. The predicted octanol–water partition coefficient (Wildman–Crippen LogP) is 5.05. The monoisotopic (exact) mass is 359 g/mol. The summed E-state index contributed by atoms with van der Waals surface area (Å²) >= 11 is 0. The van der Waals surface area contributed by atoms with E-state index in [0.717, 1.165) is 16.8 Å². The highest BCUT2D eigenvalue weighted by Crippen LogP contribution is 2.32. The largest absolute Gasteiger partial charge is 0.348 e. The summed E-state index contributed by atoms with van der Waals surface area (Å²) in [7, 11) is 0. The zero-order valence-electron chi connectivity index (χ0n) is 15.4. The molecule has 1 amide bonds. The molecule has 3 aromatic rings. The van der Waals surface area contributed by atoms with Crippen molar-refractivity contribution in [3.63, 3.8) is 0 Å². The van der Waals surface area contributed by atoms with Gasteiger partial charge in [0.05, 0.1) is 11.9 Å². The first kappa shape index (κ1) is 17.5. The van der Waals surface area contributed by atoms with Crippen LogP contribution in [0.15, 0.2) is 60.8 Å². The third kappa shape index (κ3) is 4.11. The summed E-state index contributed by atoms with van der Waals surface area (Å²) in [6.07, 6.45) is 8.32. The molecule has 0 atom stereocenters. The Morgan fingerprint density at radius 3 is 2.48 bits per heavy atom. The number of aromatic nitrogens is 2. The second-order valence-electron chi connectivity index (χ2n) is 7.28. The lowest BCUT2D eigenvalue weighted by atomic mass is 9.84. The molecule has 0 bridgehead atoms. The topological polar surface area (TPSA) is 57.8 Å². The molecule has 27 heavy (non-hydrogen) atoms. The van der Waals surface area contributed by atoms with Crippen molar-refractivity contribution in [2.75, 3.05) is 0 Å². The fraction of sp³-hybridized carbons (Fsp3) is 0.304. The molecule has 0 spiro atoms. The van der Waals surface area contributed by atoms with E-state index in [2.05, 4.69) is 27.6 Å². The highest BCUT2D eigenvalue weighted by Gasteiger charge is 2.16. The fourth-order valence-corrected chi connectivity index (χ4v) is 3.92. The van der Waals surface area contributed by atoms with Gasteiger partial charge in [-0.1, -0.05) is 61.7 Å². The maximum Gasteiger partial charge on any atom is 0.251 e. The minimum atomic E-state index is -0.0506. The Kier molecular flexibility index (Phi) is 5.33. The van der Waals surface area contributed by atoms with E-state index in [1.165, 1.54) is 37.7 Å². The zero-order chi connectivity index (χ0) is 18.5. The van der Waals surface area contributed by atoms with Gasteiger partial charge in [0, 0.05) is 17.7 Å². The second-order valence-corrected chi connectivity index (χ2v) is 7.28. The van der Waals surface area contributed by atoms with Gasteiger partial charge in [-0.2, -0.15) is 5.10 Å². The van der Waals surface area contributed by atoms with Gasteiger partial charge in [-0.3, -0.25) is 9.89 Å². The van der Waals surface area contributed by atoms with Crippen molar-refractivity contribution in [2.24, 2.45) is 0 Å². The Balaban J connectivity index is 1.39. The van der Waals surface area contributed by atoms with Crippen LogP contribution < -0.4 is 5.32 Å². The lowest BCUT2D eigenvalue weighted by Gasteiger charge is -2.22. The number of nitrogens with one attached hydrogen (secondary N) is 2. The number of H-pyrrole nitrogens is 1. The summed E-state index contributed by atoms with van der Waals surface area (Å²) < 4.78 is 0. The SMILES string of the molecule is O=C(NCc1cn[nH]c1-c1ccccc1)c1ccc(C2CCCCC2)cc1. The molecule has 1 aliphatic carbocycles. The van der Waals surface area contributed by atoms with Gasteiger partial charge < -0.3 is 5.32 Å². The molecule has 1 aliphatic rings. The first-order valence-corrected chi connectivity index (χ1v) is 9.77. The van der Waals surface area contributed by atoms with Gasteiger partial charge in [0.1, 0.15) is 0 Å². The van der Waals surface area contributed by atoms with Gasteiger partial charge in [-0.15, -0.1) is 0 Å². The van der Waals surface area contributed by atoms with Crippen LogP contribution in [0.4, 0.5) is 0 Å². The Morgan fingerprint density at radius 2 is 1.74 bits per heavy atom. The van der Waals surface area contributed by atoms with Crippen molar-refractivity contribution in [3.8, 4) is 11.3 Å². The molecule has 138 valence electrons. The van der Waals surface area contributed by atoms with Gasteiger partial charge in [-0.05, 0) is 42.0 Å². The molecule has 0 radical (unpaired) electrons. The summed E-state index contributed by atoms with van der Waals surface area (Å²) in [6, 6.07) is 18.2. The van der Waals surface area contributed by atoms with Crippen LogP contribution in [-0.4, -0.2) is 16.1 Å². The smallest absolute Gasteiger partial charge is 0.251 e. The van der Waals surface area contributed by atoms with Gasteiger partial charge in [0.25, 0.3) is 5.91 Å². The Morgan fingerprint density at radius 1 is 1.00 bits per heavy atom. The van der Waals surface area contributed by atoms with E-state index in [1.807, 2.05) is 42.5 Å². The molecular formula is C23H25N3O. The van der Waals surface area contributed by atoms with Crippen LogP contribution in [0.3, 0.4) is 0 Å². The summed E-state index contributed by atoms with van der Waals surface area (Å²) in [6.45, 7) is 0.448. The van der Waals surface area contributed by atoms with Crippen LogP contribution in [0.2, 0.25) is 0 Å². The number of carbonyl (C=O) groups excluding carboxylic acids is 1. The average Bonchev–Trinajstić information content (AvgIpc) is 3.22. The summed E-state index contributed by atoms with van der Waals surface area (Å²) in [5, 5.41) is 10.2. The van der Waals surface area contributed by atoms with Gasteiger partial charge >= 0.3 is 0 Å². The lowest BCUT2D eigenvalue weighted by molar-refractivity contribution is 0.0951. The predicted molar refractivity (Wildman–Crippen MR) is 107 cm³/mol. The number of amides is 1. The van der Waals surface area contributed by atoms with Crippen molar-refractivity contribution >= 4 is 5.91 Å². The standard InChI is InChI=1S/C23H25N3O/c27-23(20-13-11-18(12-14-20)17-7-3-1-4-8-17)24-15-21-16-25-26-22(21)19-9-5-2-6-10-19/h2,5-6,9-14,16-17H,1,3-4,7-8,15H2,(H,24,27)(H,25,26). The van der Waals surface area contributed by atoms with Crippen molar-refractivity contribution < 1.29 is 4.79 Å². The maximum absolute atomic E-state index is 12.5. The molecule has 0 saturated heterocycles. The molecule has 1 saturated carbocycles. The maximum atomic E-state index is 12.5. The van der Waals surface area contributed by atoms with Gasteiger partial charge in [-0.25, -0.2) is 0 Å². The second kappa shape index (κ2) is 8.21. The van der Waals surface area contributed by atoms with Crippen molar-refractivity contribution in [2.45, 2.75) is 44.6 Å². The van der Waals surface area contributed by atoms with Crippen LogP contribution >= 0.6 is 0 Å². The number of carbonyl (C=O) groups is 1. The Hall–Kier alpha value is -2.88. The van der Waals surface area contributed by atoms with Gasteiger partial charge in [0.2, 0.25) is 0 Å². The molecule has 0 aliphatic heterocycles. The number of nitrogens with zero attached hydrogens (tertiary/aromatic N) is 1. The fourth-order valence-electron chi connectivity index (χ4n) is 3.92. The minimum absolute atomic E-state index is 0.0506. The van der Waals surface area contributed by atoms with Crippen molar-refractivity contribution in [1.82, 2.24) is 15.5 Å². The van der Waals surface area contributed by atoms with Crippen LogP contribution in [0, 0.1) is 0 Å². The summed E-state index contributed by atoms with van der Waals surface area (Å²) in [4.78, 5) is 12.5. The highest BCUT2D eigenvalue weighted by atomic mass is 16.1. The number of rotatable bonds is 5. The molecule has 0 unspecified atom stereocenters. The highest BCUT2D eigenvalue weighted by molar-refractivity contribution is 5.94. The first-order chi connectivity index (χ1) is 13.3. The minimum Gasteiger partial charge on any atom is -0.348 e. The molecular weight excluding hydrogens is 334 g/mol. The third-order valence-electron chi connectivity index (χ3n) is 5.47. The average molecular weight is 359 g/mol. The lowest BCUT2D eigenvalue weighted by Crippen LogP contribution is -2.22. The molecule has 1 heterocycles. The molecule has 4 rings (SSSR count). The quantitative estimate of drug-likeness (QED) is 0.669. The molecule has 4 heteroatoms. The van der Waals surface area contributed by atoms with E-state index in [1.54, 1.807) is 6.20 Å². The molecule has 2 N–H and O–H groups in total. The van der Waals surface area contributed by atoms with Crippen molar-refractivity contribution in [3.05, 3.63) is 77.5 Å². The van der Waals surface area contributed by atoms with E-state index in [-0.39, 0.29) is 5.91 Å². The number of aromatic amines is 1. The van der Waals surface area contributed by atoms with E-state index in [0.29, 0.717) is 18.0 Å². The van der Waals surface area contributed by atoms with E-state index in [9.17, 15) is 4.79 Å². The van der Waals surface area contributed by atoms with Crippen LogP contribution in [-0.2, 0) is 6.54 Å². The summed E-state index contributed by atoms with van der Waals surface area (Å²) in [5.41, 5.74) is 5.07. The molecule has 1 fully saturated rings. The number of hydrogen-bond acceptors (Lipinski definition) is 2. The Labute approximate surface area is 160 Å². The number of hydrogen-bond donors (Lipinski definition) is 2. The first-order valence-electron chi connectivity index (χ1n) is 9.77. The van der Waals surface area contributed by atoms with E-state index >= 15 is 0 Å². The third-order valence-corrected chi connectivity index (χ3v) is 5.47. The molecule has 4 nitrogen and oxygen atoms in total. The summed E-state index contributed by atoms with van der Waals surface area (Å²) in [5.74, 6) is 0.612. The van der Waals surface area contributed by atoms with E-state index < -0.39 is 0 Å². The van der Waals surface area contributed by atoms with Crippen LogP contribution in [0.25, 0.3) is 11.3 Å². The van der Waals surface area contributed by atoms with E-state index in [4.69, 9.17) is 0 Å². The van der Waals surface area contributed by atoms with Crippen LogP contribution in [0.5, 0.6) is 0 Å². The molecule has 1 aromatic heterocycles. The van der Waals surface area contributed by atoms with Crippen molar-refractivity contribution in [1.29, 1.82) is 0 Å². The molecule has 2 aromatic carbocycles. The number of benzene rings is 2. The Bertz CT molecular complexity index is 878. The van der Waals surface area contributed by atoms with Gasteiger partial charge in [0.15, 0.2) is 0 Å². The zero-order valence-corrected chi connectivity index (χ0v) is 15.4. The van der Waals surface area contributed by atoms with Crippen LogP contribution in [0.1, 0.15) is 59.5 Å².